The molecule has 0 unspecified atom stereocenters. The number of fused-ring (bicyclic) bond motifs is 2. The van der Waals surface area contributed by atoms with E-state index >= 15 is 0 Å². The third-order valence-corrected chi connectivity index (χ3v) is 7.35. The monoisotopic (exact) mass is 252 g/mol. The van der Waals surface area contributed by atoms with Crippen LogP contribution in [0.2, 0.25) is 13.1 Å². The van der Waals surface area contributed by atoms with Crippen molar-refractivity contribution in [1.82, 2.24) is 0 Å². The zero-order valence-corrected chi connectivity index (χ0v) is 11.6. The van der Waals surface area contributed by atoms with Gasteiger partial charge >= 0.3 is 0 Å². The lowest BCUT2D eigenvalue weighted by Gasteiger charge is -2.34. The van der Waals surface area contributed by atoms with Crippen molar-refractivity contribution in [3.63, 3.8) is 0 Å². The molecule has 3 N–H and O–H groups in total. The standard InChI is InChI=1S/C15H16N2Si/c1-18(2)14-8-12(16)5-3-10(14)7-11-4-6-13(17)9-15(11)18/h3-9,16H,17H2,1-2H3. The van der Waals surface area contributed by atoms with E-state index in [2.05, 4.69) is 37.4 Å². The van der Waals surface area contributed by atoms with Crippen molar-refractivity contribution in [1.29, 1.82) is 5.41 Å². The van der Waals surface area contributed by atoms with E-state index in [0.29, 0.717) is 5.71 Å². The largest absolute Gasteiger partial charge is 0.399 e. The van der Waals surface area contributed by atoms with Crippen LogP contribution in [0.3, 0.4) is 0 Å². The van der Waals surface area contributed by atoms with Crippen molar-refractivity contribution in [2.75, 3.05) is 5.73 Å². The minimum absolute atomic E-state index is 0.593. The van der Waals surface area contributed by atoms with E-state index in [1.807, 2.05) is 18.2 Å². The van der Waals surface area contributed by atoms with Crippen molar-refractivity contribution in [3.05, 3.63) is 52.8 Å². The van der Waals surface area contributed by atoms with Crippen molar-refractivity contribution < 1.29 is 0 Å². The fourth-order valence-corrected chi connectivity index (χ4v) is 5.87. The molecule has 3 heteroatoms. The van der Waals surface area contributed by atoms with Crippen LogP contribution in [-0.2, 0) is 0 Å². The number of nitrogens with two attached hydrogens (primary N) is 1. The topological polar surface area (TPSA) is 49.9 Å². The Balaban J connectivity index is 2.30. The minimum Gasteiger partial charge on any atom is -0.399 e. The second kappa shape index (κ2) is 3.56. The molecule has 1 aliphatic heterocycles. The number of nitrogen functional groups attached to an aromatic ring is 1. The molecule has 0 atom stereocenters. The van der Waals surface area contributed by atoms with Crippen LogP contribution in [0.4, 0.5) is 5.69 Å². The van der Waals surface area contributed by atoms with Gasteiger partial charge in [0.1, 0.15) is 8.07 Å². The van der Waals surface area contributed by atoms with E-state index in [1.54, 1.807) is 0 Å². The number of anilines is 1. The maximum absolute atomic E-state index is 7.82. The van der Waals surface area contributed by atoms with Gasteiger partial charge in [0.05, 0.1) is 5.71 Å². The van der Waals surface area contributed by atoms with Gasteiger partial charge in [-0.25, -0.2) is 0 Å². The number of benzene rings is 1. The fourth-order valence-electron chi connectivity index (χ4n) is 2.78. The number of allylic oxidation sites excluding steroid dienone is 5. The van der Waals surface area contributed by atoms with Crippen LogP contribution in [-0.4, -0.2) is 13.8 Å². The minimum atomic E-state index is -1.73. The van der Waals surface area contributed by atoms with Crippen LogP contribution in [0.25, 0.3) is 6.08 Å². The Labute approximate surface area is 108 Å². The molecule has 18 heavy (non-hydrogen) atoms. The summed E-state index contributed by atoms with van der Waals surface area (Å²) in [6, 6.07) is 6.18. The highest BCUT2D eigenvalue weighted by atomic mass is 28.3. The van der Waals surface area contributed by atoms with Gasteiger partial charge in [-0.05, 0) is 51.9 Å². The van der Waals surface area contributed by atoms with Gasteiger partial charge in [-0.15, -0.1) is 0 Å². The lowest BCUT2D eigenvalue weighted by Crippen LogP contribution is -2.48. The van der Waals surface area contributed by atoms with Gasteiger partial charge in [0.15, 0.2) is 0 Å². The molecule has 0 amide bonds. The first kappa shape index (κ1) is 11.2. The van der Waals surface area contributed by atoms with Gasteiger partial charge in [-0.2, -0.15) is 0 Å². The Morgan fingerprint density at radius 3 is 2.67 bits per heavy atom. The molecule has 90 valence electrons. The Kier molecular flexibility index (Phi) is 2.22. The fraction of sp³-hybridized carbons (Fsp3) is 0.133. The first-order valence-electron chi connectivity index (χ1n) is 6.09. The van der Waals surface area contributed by atoms with Gasteiger partial charge in [0.25, 0.3) is 0 Å². The Hall–Kier alpha value is -1.87. The summed E-state index contributed by atoms with van der Waals surface area (Å²) in [5.74, 6) is 0. The van der Waals surface area contributed by atoms with Gasteiger partial charge < -0.3 is 11.1 Å². The summed E-state index contributed by atoms with van der Waals surface area (Å²) < 4.78 is 0. The third-order valence-electron chi connectivity index (χ3n) is 3.79. The average molecular weight is 252 g/mol. The van der Waals surface area contributed by atoms with Crippen molar-refractivity contribution in [2.45, 2.75) is 13.1 Å². The van der Waals surface area contributed by atoms with Crippen LogP contribution in [0.1, 0.15) is 5.56 Å². The first-order valence-corrected chi connectivity index (χ1v) is 9.09. The summed E-state index contributed by atoms with van der Waals surface area (Å²) in [4.78, 5) is 0. The molecule has 1 aliphatic carbocycles. The Morgan fingerprint density at radius 2 is 1.89 bits per heavy atom. The number of nitrogens with one attached hydrogen (secondary N) is 1. The molecule has 0 fully saturated rings. The van der Waals surface area contributed by atoms with Crippen LogP contribution >= 0.6 is 0 Å². The van der Waals surface area contributed by atoms with E-state index in [4.69, 9.17) is 11.1 Å². The smallest absolute Gasteiger partial charge is 0.113 e. The Morgan fingerprint density at radius 1 is 1.11 bits per heavy atom. The highest BCUT2D eigenvalue weighted by molar-refractivity contribution is 6.97. The SMILES string of the molecule is C[Si]1(C)C2=CC(=N)C=CC2=Cc2ccc(N)cc21. The summed E-state index contributed by atoms with van der Waals surface area (Å²) in [6.45, 7) is 4.66. The van der Waals surface area contributed by atoms with Crippen molar-refractivity contribution in [2.24, 2.45) is 0 Å². The van der Waals surface area contributed by atoms with Gasteiger partial charge in [0, 0.05) is 5.69 Å². The molecule has 0 spiro atoms. The molecule has 0 saturated heterocycles. The van der Waals surface area contributed by atoms with Crippen LogP contribution in [0, 0.1) is 5.41 Å². The zero-order valence-electron chi connectivity index (χ0n) is 10.6. The molecule has 1 aromatic rings. The van der Waals surface area contributed by atoms with Crippen LogP contribution in [0.15, 0.2) is 47.2 Å². The zero-order chi connectivity index (χ0) is 12.9. The Bertz CT molecular complexity index is 648. The van der Waals surface area contributed by atoms with E-state index < -0.39 is 8.07 Å². The molecule has 1 heterocycles. The lowest BCUT2D eigenvalue weighted by atomic mass is 10.0. The van der Waals surface area contributed by atoms with E-state index in [1.165, 1.54) is 21.5 Å². The summed E-state index contributed by atoms with van der Waals surface area (Å²) in [6.07, 6.45) is 8.15. The molecule has 0 aromatic heterocycles. The maximum Gasteiger partial charge on any atom is 0.113 e. The molecule has 1 aromatic carbocycles. The van der Waals surface area contributed by atoms with Gasteiger partial charge in [0.2, 0.25) is 0 Å². The number of hydrogen-bond acceptors (Lipinski definition) is 2. The first-order chi connectivity index (χ1) is 8.48. The lowest BCUT2D eigenvalue weighted by molar-refractivity contribution is 1.47. The van der Waals surface area contributed by atoms with E-state index in [9.17, 15) is 0 Å². The normalized spacial score (nSPS) is 19.8. The quantitative estimate of drug-likeness (QED) is 0.541. The molecule has 2 nitrogen and oxygen atoms in total. The van der Waals surface area contributed by atoms with E-state index in [0.717, 1.165) is 5.69 Å². The molecule has 0 bridgehead atoms. The molecule has 0 radical (unpaired) electrons. The van der Waals surface area contributed by atoms with Gasteiger partial charge in [-0.3, -0.25) is 0 Å². The second-order valence-corrected chi connectivity index (χ2v) is 9.75. The molecule has 2 aliphatic rings. The summed E-state index contributed by atoms with van der Waals surface area (Å²) in [5, 5.41) is 10.5. The molecule has 0 saturated carbocycles. The predicted molar refractivity (Wildman–Crippen MR) is 80.9 cm³/mol. The van der Waals surface area contributed by atoms with Crippen LogP contribution < -0.4 is 10.9 Å². The summed E-state index contributed by atoms with van der Waals surface area (Å²) >= 11 is 0. The highest BCUT2D eigenvalue weighted by Crippen LogP contribution is 2.33. The predicted octanol–water partition coefficient (Wildman–Crippen LogP) is 2.64. The number of hydrogen-bond donors (Lipinski definition) is 2. The maximum atomic E-state index is 7.82. The second-order valence-electron chi connectivity index (χ2n) is 5.42. The van der Waals surface area contributed by atoms with Crippen LogP contribution in [0.5, 0.6) is 0 Å². The van der Waals surface area contributed by atoms with Crippen molar-refractivity contribution in [3.8, 4) is 0 Å². The third kappa shape index (κ3) is 1.51. The van der Waals surface area contributed by atoms with Crippen molar-refractivity contribution >= 4 is 30.7 Å². The van der Waals surface area contributed by atoms with E-state index in [-0.39, 0.29) is 0 Å². The molecule has 3 rings (SSSR count). The average Bonchev–Trinajstić information content (AvgIpc) is 2.32. The summed E-state index contributed by atoms with van der Waals surface area (Å²) in [5.41, 5.74) is 9.89. The molecular formula is C15H16N2Si. The van der Waals surface area contributed by atoms with Gasteiger partial charge in [-0.1, -0.05) is 25.2 Å². The number of rotatable bonds is 0. The summed E-state index contributed by atoms with van der Waals surface area (Å²) in [7, 11) is -1.73. The molecular weight excluding hydrogens is 236 g/mol. The highest BCUT2D eigenvalue weighted by Gasteiger charge is 2.35.